The molecule has 0 fully saturated rings. The molecule has 0 aliphatic rings. The molecule has 92 heavy (non-hydrogen) atoms. The van der Waals surface area contributed by atoms with E-state index in [1.807, 2.05) is 152 Å². The average molecular weight is 1170 g/mol. The lowest BCUT2D eigenvalue weighted by Gasteiger charge is -2.21. The second kappa shape index (κ2) is 22.7. The van der Waals surface area contributed by atoms with E-state index >= 15 is 0 Å². The smallest absolute Gasteiger partial charge is 0.189 e. The Kier molecular flexibility index (Phi) is 13.7. The Bertz CT molecular complexity index is 5200. The quantitative estimate of drug-likeness (QED) is 0.129. The summed E-state index contributed by atoms with van der Waals surface area (Å²) in [5.74, 6) is 0.311. The van der Waals surface area contributed by atoms with Crippen molar-refractivity contribution < 1.29 is 0 Å². The first-order valence-corrected chi connectivity index (χ1v) is 28.6. The third-order valence-corrected chi connectivity index (χ3v) is 16.4. The molecule has 0 bridgehead atoms. The van der Waals surface area contributed by atoms with Crippen LogP contribution in [0.4, 0.5) is 22.7 Å². The van der Waals surface area contributed by atoms with E-state index in [1.54, 1.807) is 72.8 Å². The number of nitriles is 5. The third-order valence-electron chi connectivity index (χ3n) is 16.4. The molecule has 0 saturated carbocycles. The molecule has 14 rings (SSSR count). The summed E-state index contributed by atoms with van der Waals surface area (Å²) in [6.07, 6.45) is 0. The molecule has 0 atom stereocenters. The number of fused-ring (bicyclic) bond motifs is 6. The summed E-state index contributed by atoms with van der Waals surface area (Å²) in [5.41, 5.74) is 15.6. The number of rotatable bonds is 9. The van der Waals surface area contributed by atoms with Crippen LogP contribution < -0.4 is 0 Å². The van der Waals surface area contributed by atoms with E-state index < -0.39 is 0 Å². The minimum Gasteiger partial charge on any atom is -0.308 e. The second-order valence-corrected chi connectivity index (χ2v) is 21.8. The van der Waals surface area contributed by atoms with Gasteiger partial charge in [0.05, 0.1) is 124 Å². The van der Waals surface area contributed by atoms with Crippen molar-refractivity contribution in [3.8, 4) is 120 Å². The van der Waals surface area contributed by atoms with Crippen LogP contribution in [0.5, 0.6) is 0 Å². The van der Waals surface area contributed by atoms with Gasteiger partial charge in [-0.1, -0.05) is 103 Å². The predicted molar refractivity (Wildman–Crippen MR) is 357 cm³/mol. The molecule has 0 unspecified atom stereocenters. The van der Waals surface area contributed by atoms with Crippen LogP contribution in [0.2, 0.25) is 0 Å². The molecule has 0 amide bonds. The highest BCUT2D eigenvalue weighted by Gasteiger charge is 2.27. The van der Waals surface area contributed by atoms with Crippen molar-refractivity contribution >= 4 is 66.4 Å². The molecule has 418 valence electrons. The molecule has 0 spiro atoms. The fourth-order valence-electron chi connectivity index (χ4n) is 12.2. The van der Waals surface area contributed by atoms with Gasteiger partial charge in [-0.3, -0.25) is 0 Å². The summed E-state index contributed by atoms with van der Waals surface area (Å²) in [6.45, 7) is 31.7. The minimum atomic E-state index is 0.285. The van der Waals surface area contributed by atoms with Gasteiger partial charge in [0.25, 0.3) is 0 Å². The second-order valence-electron chi connectivity index (χ2n) is 21.8. The number of benzene rings is 11. The maximum absolute atomic E-state index is 11.5. The monoisotopic (exact) mass is 1170 g/mol. The van der Waals surface area contributed by atoms with Crippen molar-refractivity contribution in [3.63, 3.8) is 0 Å². The van der Waals surface area contributed by atoms with Crippen molar-refractivity contribution in [2.24, 2.45) is 0 Å². The van der Waals surface area contributed by atoms with E-state index in [0.717, 1.165) is 54.9 Å². The average Bonchev–Trinajstić information content (AvgIpc) is 1.65. The summed E-state index contributed by atoms with van der Waals surface area (Å²) < 4.78 is 4.20. The van der Waals surface area contributed by atoms with Gasteiger partial charge >= 0.3 is 0 Å². The number of hydrogen-bond donors (Lipinski definition) is 0. The largest absolute Gasteiger partial charge is 0.308 e. The lowest BCUT2D eigenvalue weighted by atomic mass is 9.97. The predicted octanol–water partition coefficient (Wildman–Crippen LogP) is 19.9. The van der Waals surface area contributed by atoms with Crippen molar-refractivity contribution in [1.82, 2.24) is 19.1 Å². The summed E-state index contributed by atoms with van der Waals surface area (Å²) in [4.78, 5) is 25.9. The zero-order chi connectivity index (χ0) is 63.1. The van der Waals surface area contributed by atoms with Crippen LogP contribution in [0.15, 0.2) is 224 Å². The van der Waals surface area contributed by atoms with Gasteiger partial charge < -0.3 is 9.13 Å². The first kappa shape index (κ1) is 55.4. The molecule has 13 heteroatoms. The molecule has 0 aliphatic heterocycles. The van der Waals surface area contributed by atoms with Crippen molar-refractivity contribution in [1.29, 1.82) is 26.3 Å². The fraction of sp³-hybridized carbons (Fsp3) is 0. The minimum absolute atomic E-state index is 0.285. The molecule has 0 saturated heterocycles. The van der Waals surface area contributed by atoms with Gasteiger partial charge in [-0.05, 0) is 166 Å². The van der Waals surface area contributed by atoms with Gasteiger partial charge in [0.1, 0.15) is 0 Å². The van der Waals surface area contributed by atoms with E-state index in [2.05, 4.69) is 58.9 Å². The summed E-state index contributed by atoms with van der Waals surface area (Å²) in [7, 11) is 0. The lowest BCUT2D eigenvalue weighted by molar-refractivity contribution is 1.10. The van der Waals surface area contributed by atoms with Crippen molar-refractivity contribution in [2.75, 3.05) is 0 Å². The molecule has 0 radical (unpaired) electrons. The number of hydrogen-bond acceptors (Lipinski definition) is 7. The number of aromatic nitrogens is 4. The van der Waals surface area contributed by atoms with E-state index in [9.17, 15) is 26.3 Å². The standard InChI is InChI=1S/C79H37N13/c1-85-62-28-49(44-82)26-59(32-62)55-16-20-73-67(37-55)66-36-54(58-24-47(42-80)23-48(25-58)43-81)15-19-72(66)91(73)76-30-51(46-84)31-77(78(76)79-89-70(52-11-7-5-8-12-52)41-71(90-79)53-13-9-6-10-14-53)92-74-21-17-56(60-27-50(45-83)29-63(33-60)86-2)38-68(74)69-39-57(18-22-75(69)92)61-34-64(87-3)40-65(35-61)88-4/h5-41H. The molecule has 3 heterocycles. The van der Waals surface area contributed by atoms with E-state index in [1.165, 1.54) is 0 Å². The zero-order valence-electron chi connectivity index (χ0n) is 48.2. The van der Waals surface area contributed by atoms with Crippen LogP contribution in [-0.2, 0) is 0 Å². The van der Waals surface area contributed by atoms with E-state index in [-0.39, 0.29) is 5.56 Å². The maximum atomic E-state index is 11.5. The summed E-state index contributed by atoms with van der Waals surface area (Å²) in [5, 5.41) is 55.1. The number of nitrogens with zero attached hydrogens (tertiary/aromatic N) is 13. The van der Waals surface area contributed by atoms with Crippen molar-refractivity contribution in [3.05, 3.63) is 298 Å². The molecule has 13 nitrogen and oxygen atoms in total. The van der Waals surface area contributed by atoms with Gasteiger partial charge in [-0.15, -0.1) is 0 Å². The van der Waals surface area contributed by atoms with E-state index in [4.69, 9.17) is 36.3 Å². The van der Waals surface area contributed by atoms with Crippen molar-refractivity contribution in [2.45, 2.75) is 0 Å². The Hall–Kier alpha value is -14.5. The molecule has 0 N–H and O–H groups in total. The first-order chi connectivity index (χ1) is 45.1. The van der Waals surface area contributed by atoms with Gasteiger partial charge in [0, 0.05) is 43.8 Å². The lowest BCUT2D eigenvalue weighted by Crippen LogP contribution is -2.07. The van der Waals surface area contributed by atoms with Crippen LogP contribution in [0.3, 0.4) is 0 Å². The van der Waals surface area contributed by atoms with Crippen LogP contribution in [0.25, 0.3) is 153 Å². The SMILES string of the molecule is [C-]#[N+]c1cc(C#N)cc(-c2ccc3c(c2)c2cc(-c4cc(C#N)cc(C#N)c4)ccc2n3-c2cc(C#N)cc(-n3c4ccc(-c5cc(C#N)cc([N+]#[C-])c5)cc4c4cc(-c5cc([N+]#[C-])cc([N+]#[C-])c5)ccc43)c2-c2nc(-c3ccccc3)cc(-c3ccccc3)n2)c1. The Labute approximate surface area is 527 Å². The Balaban J connectivity index is 1.14. The Morgan fingerprint density at radius 2 is 0.587 bits per heavy atom. The van der Waals surface area contributed by atoms with Crippen LogP contribution in [0.1, 0.15) is 27.8 Å². The van der Waals surface area contributed by atoms with Gasteiger partial charge in [-0.25, -0.2) is 29.3 Å². The molecule has 11 aromatic carbocycles. The molecule has 0 aliphatic carbocycles. The fourth-order valence-corrected chi connectivity index (χ4v) is 12.2. The van der Waals surface area contributed by atoms with Crippen LogP contribution in [0, 0.1) is 82.9 Å². The molecule has 3 aromatic heterocycles. The highest BCUT2D eigenvalue weighted by molar-refractivity contribution is 6.14. The molecule has 14 aromatic rings. The van der Waals surface area contributed by atoms with E-state index in [0.29, 0.717) is 123 Å². The van der Waals surface area contributed by atoms with Crippen LogP contribution in [-0.4, -0.2) is 19.1 Å². The van der Waals surface area contributed by atoms with Gasteiger partial charge in [0.2, 0.25) is 0 Å². The highest BCUT2D eigenvalue weighted by atomic mass is 15.0. The summed E-state index contributed by atoms with van der Waals surface area (Å²) in [6, 6.07) is 80.7. The molecular formula is C79H37N13. The third kappa shape index (κ3) is 9.74. The highest BCUT2D eigenvalue weighted by Crippen LogP contribution is 2.46. The van der Waals surface area contributed by atoms with Gasteiger partial charge in [0.15, 0.2) is 28.6 Å². The Morgan fingerprint density at radius 1 is 0.283 bits per heavy atom. The normalized spacial score (nSPS) is 10.7. The maximum Gasteiger partial charge on any atom is 0.189 e. The topological polar surface area (TPSA) is 172 Å². The van der Waals surface area contributed by atoms with Crippen LogP contribution >= 0.6 is 0 Å². The summed E-state index contributed by atoms with van der Waals surface area (Å²) >= 11 is 0. The molecular weight excluding hydrogens is 1130 g/mol. The zero-order valence-corrected chi connectivity index (χ0v) is 48.2. The van der Waals surface area contributed by atoms with Gasteiger partial charge in [-0.2, -0.15) is 26.3 Å². The first-order valence-electron chi connectivity index (χ1n) is 28.6. The Morgan fingerprint density at radius 3 is 0.924 bits per heavy atom.